The van der Waals surface area contributed by atoms with Crippen molar-refractivity contribution in [1.82, 2.24) is 4.90 Å². The van der Waals surface area contributed by atoms with Crippen LogP contribution in [0.4, 0.5) is 0 Å². The molecule has 1 aliphatic heterocycles. The van der Waals surface area contributed by atoms with Gasteiger partial charge in [0.15, 0.2) is 5.79 Å². The third-order valence-electron chi connectivity index (χ3n) is 4.00. The first-order valence-electron chi connectivity index (χ1n) is 7.60. The Labute approximate surface area is 128 Å². The van der Waals surface area contributed by atoms with Crippen LogP contribution in [0, 0.1) is 5.41 Å². The Morgan fingerprint density at radius 2 is 2.00 bits per heavy atom. The molecule has 21 heavy (non-hydrogen) atoms. The first-order chi connectivity index (χ1) is 9.85. The lowest BCUT2D eigenvalue weighted by atomic mass is 9.93. The van der Waals surface area contributed by atoms with E-state index in [9.17, 15) is 0 Å². The number of likely N-dealkylation sites (N-methyl/N-ethyl adjacent to an activating group) is 1. The fourth-order valence-corrected chi connectivity index (χ4v) is 2.83. The molecule has 4 heteroatoms. The maximum Gasteiger partial charge on any atom is 0.192 e. The quantitative estimate of drug-likeness (QED) is 0.873. The van der Waals surface area contributed by atoms with Gasteiger partial charge in [0.05, 0.1) is 12.7 Å². The van der Waals surface area contributed by atoms with Crippen LogP contribution in [-0.4, -0.2) is 44.3 Å². The summed E-state index contributed by atoms with van der Waals surface area (Å²) in [4.78, 5) is 2.28. The van der Waals surface area contributed by atoms with Crippen molar-refractivity contribution in [3.8, 4) is 0 Å². The van der Waals surface area contributed by atoms with Crippen LogP contribution in [0.15, 0.2) is 30.3 Å². The van der Waals surface area contributed by atoms with Crippen LogP contribution in [-0.2, 0) is 15.3 Å². The second-order valence-electron chi connectivity index (χ2n) is 6.93. The van der Waals surface area contributed by atoms with Crippen LogP contribution in [0.3, 0.4) is 0 Å². The Balaban J connectivity index is 1.91. The summed E-state index contributed by atoms with van der Waals surface area (Å²) in [5, 5.41) is 0. The fourth-order valence-electron chi connectivity index (χ4n) is 2.83. The lowest BCUT2D eigenvalue weighted by molar-refractivity contribution is -0.163. The van der Waals surface area contributed by atoms with E-state index >= 15 is 0 Å². The fraction of sp³-hybridized carbons (Fsp3) is 0.647. The van der Waals surface area contributed by atoms with Crippen LogP contribution in [0.25, 0.3) is 0 Å². The molecule has 4 nitrogen and oxygen atoms in total. The van der Waals surface area contributed by atoms with Crippen molar-refractivity contribution in [2.24, 2.45) is 11.1 Å². The molecule has 118 valence electrons. The van der Waals surface area contributed by atoms with E-state index in [2.05, 4.69) is 25.8 Å². The number of benzene rings is 1. The van der Waals surface area contributed by atoms with E-state index in [4.69, 9.17) is 15.2 Å². The van der Waals surface area contributed by atoms with Gasteiger partial charge in [-0.25, -0.2) is 0 Å². The Hall–Kier alpha value is -0.940. The van der Waals surface area contributed by atoms with E-state index < -0.39 is 5.79 Å². The number of ether oxygens (including phenoxy) is 2. The highest BCUT2D eigenvalue weighted by Gasteiger charge is 2.39. The van der Waals surface area contributed by atoms with Crippen molar-refractivity contribution in [2.75, 3.05) is 33.3 Å². The van der Waals surface area contributed by atoms with Crippen molar-refractivity contribution in [3.05, 3.63) is 35.9 Å². The van der Waals surface area contributed by atoms with Gasteiger partial charge in [0, 0.05) is 18.7 Å². The number of nitrogens with zero attached hydrogens (tertiary/aromatic N) is 1. The van der Waals surface area contributed by atoms with Crippen LogP contribution in [0.5, 0.6) is 0 Å². The summed E-state index contributed by atoms with van der Waals surface area (Å²) in [6.07, 6.45) is 0.0915. The molecule has 1 aromatic rings. The van der Waals surface area contributed by atoms with Crippen molar-refractivity contribution in [1.29, 1.82) is 0 Å². The molecule has 2 unspecified atom stereocenters. The Morgan fingerprint density at radius 1 is 1.33 bits per heavy atom. The zero-order valence-corrected chi connectivity index (χ0v) is 13.6. The summed E-state index contributed by atoms with van der Waals surface area (Å²) >= 11 is 0. The van der Waals surface area contributed by atoms with Gasteiger partial charge in [-0.05, 0) is 25.9 Å². The number of rotatable bonds is 6. The van der Waals surface area contributed by atoms with Gasteiger partial charge in [-0.1, -0.05) is 44.2 Å². The topological polar surface area (TPSA) is 47.7 Å². The minimum absolute atomic E-state index is 0.0915. The molecule has 0 aliphatic carbocycles. The lowest BCUT2D eigenvalue weighted by Gasteiger charge is -2.30. The summed E-state index contributed by atoms with van der Waals surface area (Å²) < 4.78 is 12.1. The molecule has 0 radical (unpaired) electrons. The van der Waals surface area contributed by atoms with Gasteiger partial charge < -0.3 is 20.1 Å². The van der Waals surface area contributed by atoms with E-state index in [0.717, 1.165) is 18.7 Å². The minimum Gasteiger partial charge on any atom is -0.343 e. The molecule has 0 aromatic heterocycles. The smallest absolute Gasteiger partial charge is 0.192 e. The zero-order valence-electron chi connectivity index (χ0n) is 13.6. The lowest BCUT2D eigenvalue weighted by Crippen LogP contribution is -2.40. The van der Waals surface area contributed by atoms with E-state index in [1.807, 2.05) is 37.3 Å². The number of nitrogens with two attached hydrogens (primary N) is 1. The molecule has 0 spiro atoms. The van der Waals surface area contributed by atoms with Gasteiger partial charge in [0.1, 0.15) is 0 Å². The third-order valence-corrected chi connectivity index (χ3v) is 4.00. The molecule has 2 atom stereocenters. The van der Waals surface area contributed by atoms with Gasteiger partial charge in [-0.3, -0.25) is 0 Å². The van der Waals surface area contributed by atoms with Crippen molar-refractivity contribution >= 4 is 0 Å². The highest BCUT2D eigenvalue weighted by Crippen LogP contribution is 2.33. The molecule has 1 fully saturated rings. The Bertz CT molecular complexity index is 449. The van der Waals surface area contributed by atoms with Gasteiger partial charge >= 0.3 is 0 Å². The minimum atomic E-state index is -0.629. The standard InChI is InChI=1S/C17H28N2O2/c1-16(2,12-18)13-19(4)10-15-11-20-17(3,21-15)14-8-6-5-7-9-14/h5-9,15H,10-13,18H2,1-4H3. The molecule has 2 rings (SSSR count). The summed E-state index contributed by atoms with van der Waals surface area (Å²) in [5.74, 6) is -0.629. The van der Waals surface area contributed by atoms with Crippen molar-refractivity contribution < 1.29 is 9.47 Å². The predicted molar refractivity (Wildman–Crippen MR) is 85.0 cm³/mol. The number of hydrogen-bond donors (Lipinski definition) is 1. The predicted octanol–water partition coefficient (Wildman–Crippen LogP) is 2.19. The van der Waals surface area contributed by atoms with E-state index in [1.54, 1.807) is 0 Å². The van der Waals surface area contributed by atoms with Crippen molar-refractivity contribution in [3.63, 3.8) is 0 Å². The van der Waals surface area contributed by atoms with Gasteiger partial charge in [-0.15, -0.1) is 0 Å². The molecule has 0 amide bonds. The highest BCUT2D eigenvalue weighted by atomic mass is 16.7. The molecule has 1 heterocycles. The first kappa shape index (κ1) is 16.4. The molecular weight excluding hydrogens is 264 g/mol. The average Bonchev–Trinajstić information content (AvgIpc) is 2.82. The second kappa shape index (κ2) is 6.44. The Morgan fingerprint density at radius 3 is 2.62 bits per heavy atom. The van der Waals surface area contributed by atoms with Gasteiger partial charge in [0.2, 0.25) is 0 Å². The first-order valence-corrected chi connectivity index (χ1v) is 7.60. The van der Waals surface area contributed by atoms with Crippen LogP contribution in [0.2, 0.25) is 0 Å². The van der Waals surface area contributed by atoms with Gasteiger partial charge in [0.25, 0.3) is 0 Å². The molecular formula is C17H28N2O2. The summed E-state index contributed by atoms with van der Waals surface area (Å²) in [7, 11) is 2.11. The van der Waals surface area contributed by atoms with Gasteiger partial charge in [-0.2, -0.15) is 0 Å². The van der Waals surface area contributed by atoms with E-state index in [0.29, 0.717) is 13.2 Å². The van der Waals surface area contributed by atoms with E-state index in [1.165, 1.54) is 0 Å². The van der Waals surface area contributed by atoms with Crippen molar-refractivity contribution in [2.45, 2.75) is 32.7 Å². The molecule has 2 N–H and O–H groups in total. The largest absolute Gasteiger partial charge is 0.343 e. The molecule has 1 aromatic carbocycles. The SMILES string of the molecule is CN(CC1COC(C)(c2ccccc2)O1)CC(C)(C)CN. The number of hydrogen-bond acceptors (Lipinski definition) is 4. The highest BCUT2D eigenvalue weighted by molar-refractivity contribution is 5.20. The maximum atomic E-state index is 6.16. The van der Waals surface area contributed by atoms with Crippen LogP contribution < -0.4 is 5.73 Å². The monoisotopic (exact) mass is 292 g/mol. The average molecular weight is 292 g/mol. The molecule has 1 aliphatic rings. The molecule has 1 saturated heterocycles. The normalized spacial score (nSPS) is 26.5. The second-order valence-corrected chi connectivity index (χ2v) is 6.93. The zero-order chi connectivity index (χ0) is 15.5. The summed E-state index contributed by atoms with van der Waals surface area (Å²) in [6, 6.07) is 10.1. The third kappa shape index (κ3) is 4.27. The summed E-state index contributed by atoms with van der Waals surface area (Å²) in [5.41, 5.74) is 6.99. The summed E-state index contributed by atoms with van der Waals surface area (Å²) in [6.45, 7) is 9.47. The molecule has 0 saturated carbocycles. The van der Waals surface area contributed by atoms with E-state index in [-0.39, 0.29) is 11.5 Å². The maximum absolute atomic E-state index is 6.16. The Kier molecular flexibility index (Phi) is 5.04. The van der Waals surface area contributed by atoms with Crippen LogP contribution >= 0.6 is 0 Å². The molecule has 0 bridgehead atoms. The van der Waals surface area contributed by atoms with Crippen LogP contribution in [0.1, 0.15) is 26.3 Å².